The van der Waals surface area contributed by atoms with Crippen molar-refractivity contribution in [2.45, 2.75) is 32.6 Å². The molecule has 1 nitrogen and oxygen atoms in total. The Bertz CT molecular complexity index is 138. The fourth-order valence-electron chi connectivity index (χ4n) is 2.96. The molecule has 0 amide bonds. The summed E-state index contributed by atoms with van der Waals surface area (Å²) in [5, 5.41) is 3.48. The molecule has 2 fully saturated rings. The van der Waals surface area contributed by atoms with E-state index in [0.29, 0.717) is 0 Å². The molecule has 0 heterocycles. The maximum atomic E-state index is 3.48. The minimum Gasteiger partial charge on any atom is -0.317 e. The predicted octanol–water partition coefficient (Wildman–Crippen LogP) is 2.28. The van der Waals surface area contributed by atoms with Crippen LogP contribution in [-0.4, -0.2) is 13.1 Å². The van der Waals surface area contributed by atoms with Crippen molar-refractivity contribution in [3.05, 3.63) is 0 Å². The van der Waals surface area contributed by atoms with Crippen LogP contribution < -0.4 is 5.32 Å². The van der Waals surface area contributed by atoms with E-state index < -0.39 is 0 Å². The van der Waals surface area contributed by atoms with Crippen LogP contribution in [0.25, 0.3) is 0 Å². The van der Waals surface area contributed by atoms with Gasteiger partial charge in [-0.2, -0.15) is 0 Å². The predicted molar refractivity (Wildman–Crippen MR) is 49.6 cm³/mol. The fourth-order valence-corrected chi connectivity index (χ4v) is 2.96. The Morgan fingerprint density at radius 3 is 2.82 bits per heavy atom. The fraction of sp³-hybridized carbons (Fsp3) is 1.00. The first-order chi connectivity index (χ1) is 5.40. The van der Waals surface area contributed by atoms with Crippen molar-refractivity contribution in [3.8, 4) is 0 Å². The molecule has 1 heteroatoms. The molecule has 0 aromatic heterocycles. The summed E-state index contributed by atoms with van der Waals surface area (Å²) in [5.74, 6) is 3.25. The first-order valence-corrected chi connectivity index (χ1v) is 5.11. The lowest BCUT2D eigenvalue weighted by atomic mass is 9.89. The van der Waals surface area contributed by atoms with Gasteiger partial charge in [0.1, 0.15) is 0 Å². The van der Waals surface area contributed by atoms with Gasteiger partial charge in [-0.25, -0.2) is 0 Å². The molecule has 0 aromatic carbocycles. The molecule has 2 aliphatic carbocycles. The summed E-state index contributed by atoms with van der Waals surface area (Å²) in [4.78, 5) is 0. The van der Waals surface area contributed by atoms with E-state index in [2.05, 4.69) is 12.2 Å². The van der Waals surface area contributed by atoms with E-state index in [4.69, 9.17) is 0 Å². The molecule has 3 atom stereocenters. The summed E-state index contributed by atoms with van der Waals surface area (Å²) >= 11 is 0. The number of nitrogens with one attached hydrogen (secondary N) is 1. The molecule has 66 valence electrons. The second kappa shape index (κ2) is 3.14. The SMILES string of the molecule is CCNCC1CC2CCC1C2.[HH]. The van der Waals surface area contributed by atoms with E-state index in [9.17, 15) is 0 Å². The van der Waals surface area contributed by atoms with Crippen molar-refractivity contribution in [3.63, 3.8) is 0 Å². The first kappa shape index (κ1) is 7.60. The van der Waals surface area contributed by atoms with Crippen LogP contribution >= 0.6 is 0 Å². The monoisotopic (exact) mass is 155 g/mol. The van der Waals surface area contributed by atoms with Crippen LogP contribution in [0.15, 0.2) is 0 Å². The molecular formula is C10H21N. The van der Waals surface area contributed by atoms with Gasteiger partial charge in [0.15, 0.2) is 0 Å². The minimum atomic E-state index is 0. The van der Waals surface area contributed by atoms with Crippen molar-refractivity contribution < 1.29 is 1.43 Å². The van der Waals surface area contributed by atoms with Crippen molar-refractivity contribution in [2.75, 3.05) is 13.1 Å². The molecule has 3 unspecified atom stereocenters. The van der Waals surface area contributed by atoms with Crippen LogP contribution in [0.2, 0.25) is 0 Å². The zero-order valence-corrected chi connectivity index (χ0v) is 7.47. The van der Waals surface area contributed by atoms with Crippen LogP contribution in [0.1, 0.15) is 34.0 Å². The van der Waals surface area contributed by atoms with Crippen molar-refractivity contribution in [2.24, 2.45) is 17.8 Å². The van der Waals surface area contributed by atoms with Gasteiger partial charge in [0.25, 0.3) is 0 Å². The van der Waals surface area contributed by atoms with Crippen LogP contribution in [0.5, 0.6) is 0 Å². The highest BCUT2D eigenvalue weighted by atomic mass is 14.9. The van der Waals surface area contributed by atoms with Crippen LogP contribution in [0.3, 0.4) is 0 Å². The summed E-state index contributed by atoms with van der Waals surface area (Å²) in [5.41, 5.74) is 0. The Morgan fingerprint density at radius 2 is 2.27 bits per heavy atom. The third-order valence-corrected chi connectivity index (χ3v) is 3.54. The van der Waals surface area contributed by atoms with Crippen molar-refractivity contribution in [1.29, 1.82) is 0 Å². The summed E-state index contributed by atoms with van der Waals surface area (Å²) in [6.07, 6.45) is 6.14. The number of fused-ring (bicyclic) bond motifs is 2. The van der Waals surface area contributed by atoms with Crippen LogP contribution in [0.4, 0.5) is 0 Å². The third kappa shape index (κ3) is 1.44. The van der Waals surface area contributed by atoms with Gasteiger partial charge in [-0.3, -0.25) is 0 Å². The maximum absolute atomic E-state index is 3.48. The lowest BCUT2D eigenvalue weighted by Crippen LogP contribution is -2.26. The van der Waals surface area contributed by atoms with E-state index in [-0.39, 0.29) is 1.43 Å². The minimum absolute atomic E-state index is 0. The van der Waals surface area contributed by atoms with Gasteiger partial charge in [0, 0.05) is 1.43 Å². The smallest absolute Gasteiger partial charge is 0 e. The Labute approximate surface area is 71.0 Å². The average Bonchev–Trinajstić information content (AvgIpc) is 2.60. The van der Waals surface area contributed by atoms with Gasteiger partial charge >= 0.3 is 0 Å². The van der Waals surface area contributed by atoms with E-state index in [1.54, 1.807) is 6.42 Å². The van der Waals surface area contributed by atoms with Crippen LogP contribution in [0, 0.1) is 17.8 Å². The van der Waals surface area contributed by atoms with Crippen LogP contribution in [-0.2, 0) is 0 Å². The highest BCUT2D eigenvalue weighted by molar-refractivity contribution is 4.90. The molecule has 2 bridgehead atoms. The van der Waals surface area contributed by atoms with Crippen molar-refractivity contribution in [1.82, 2.24) is 5.32 Å². The highest BCUT2D eigenvalue weighted by Gasteiger charge is 2.38. The quantitative estimate of drug-likeness (QED) is 0.659. The summed E-state index contributed by atoms with van der Waals surface area (Å²) in [7, 11) is 0. The molecule has 2 saturated carbocycles. The summed E-state index contributed by atoms with van der Waals surface area (Å²) < 4.78 is 0. The molecule has 1 N–H and O–H groups in total. The molecule has 0 aromatic rings. The van der Waals surface area contributed by atoms with E-state index in [1.165, 1.54) is 25.8 Å². The van der Waals surface area contributed by atoms with E-state index in [1.807, 2.05) is 0 Å². The topological polar surface area (TPSA) is 12.0 Å². The van der Waals surface area contributed by atoms with Gasteiger partial charge in [0.2, 0.25) is 0 Å². The number of hydrogen-bond donors (Lipinski definition) is 1. The second-order valence-electron chi connectivity index (χ2n) is 4.24. The molecule has 0 saturated heterocycles. The molecule has 0 radical (unpaired) electrons. The van der Waals surface area contributed by atoms with Gasteiger partial charge in [0.05, 0.1) is 0 Å². The largest absolute Gasteiger partial charge is 0.317 e. The Kier molecular flexibility index (Phi) is 2.17. The van der Waals surface area contributed by atoms with Gasteiger partial charge in [-0.1, -0.05) is 13.3 Å². The summed E-state index contributed by atoms with van der Waals surface area (Å²) in [6.45, 7) is 4.64. The third-order valence-electron chi connectivity index (χ3n) is 3.54. The average molecular weight is 155 g/mol. The van der Waals surface area contributed by atoms with Gasteiger partial charge < -0.3 is 5.32 Å². The zero-order chi connectivity index (χ0) is 7.68. The van der Waals surface area contributed by atoms with Crippen molar-refractivity contribution >= 4 is 0 Å². The zero-order valence-electron chi connectivity index (χ0n) is 7.47. The molecular weight excluding hydrogens is 134 g/mol. The second-order valence-corrected chi connectivity index (χ2v) is 4.24. The molecule has 0 spiro atoms. The van der Waals surface area contributed by atoms with Gasteiger partial charge in [-0.05, 0) is 50.1 Å². The Morgan fingerprint density at radius 1 is 1.36 bits per heavy atom. The van der Waals surface area contributed by atoms with E-state index in [0.717, 1.165) is 24.3 Å². The normalized spacial score (nSPS) is 41.7. The Hall–Kier alpha value is -0.0400. The highest BCUT2D eigenvalue weighted by Crippen LogP contribution is 2.47. The van der Waals surface area contributed by atoms with Gasteiger partial charge in [-0.15, -0.1) is 0 Å². The molecule has 0 aliphatic heterocycles. The molecule has 2 aliphatic rings. The molecule has 2 rings (SSSR count). The number of hydrogen-bond acceptors (Lipinski definition) is 1. The first-order valence-electron chi connectivity index (χ1n) is 5.11. The maximum Gasteiger partial charge on any atom is 0 e. The standard InChI is InChI=1S/C10H19N.H2/c1-2-11-7-10-6-8-3-4-9(10)5-8;/h8-11H,2-7H2,1H3;1H. The lowest BCUT2D eigenvalue weighted by Gasteiger charge is -2.21. The molecule has 11 heavy (non-hydrogen) atoms. The lowest BCUT2D eigenvalue weighted by molar-refractivity contribution is 0.321. The number of rotatable bonds is 3. The Balaban J connectivity index is 0.000000720. The van der Waals surface area contributed by atoms with E-state index >= 15 is 0 Å². The summed E-state index contributed by atoms with van der Waals surface area (Å²) in [6, 6.07) is 0.